The third-order valence-corrected chi connectivity index (χ3v) is 15.2. The molecule has 0 fully saturated rings. The first kappa shape index (κ1) is 37.2. The second-order valence-electron chi connectivity index (χ2n) is 18.8. The molecule has 0 N–H and O–H groups in total. The lowest BCUT2D eigenvalue weighted by Crippen LogP contribution is -2.26. The Balaban J connectivity index is 1.04. The predicted octanol–water partition coefficient (Wildman–Crippen LogP) is 16.6. The van der Waals surface area contributed by atoms with Crippen molar-refractivity contribution in [1.29, 1.82) is 0 Å². The Bertz CT molecular complexity index is 3760. The van der Waals surface area contributed by atoms with Crippen LogP contribution in [0.3, 0.4) is 0 Å². The highest BCUT2D eigenvalue weighted by atomic mass is 15.1. The quantitative estimate of drug-likeness (QED) is 0.168. The maximum atomic E-state index is 2.55. The molecular weight excluding hydrogens is 797 g/mol. The molecule has 0 amide bonds. The number of nitrogens with zero attached hydrogens (tertiary/aromatic N) is 2. The van der Waals surface area contributed by atoms with E-state index in [0.717, 1.165) is 17.1 Å². The summed E-state index contributed by atoms with van der Waals surface area (Å²) in [6, 6.07) is 86.2. The van der Waals surface area contributed by atoms with E-state index in [1.165, 1.54) is 105 Å². The first-order valence-electron chi connectivity index (χ1n) is 23.2. The molecule has 14 rings (SSSR count). The Morgan fingerprint density at radius 3 is 1.65 bits per heavy atom. The zero-order chi connectivity index (χ0) is 43.7. The molecule has 0 unspecified atom stereocenters. The van der Waals surface area contributed by atoms with Crippen LogP contribution in [0.2, 0.25) is 0 Å². The SMILES string of the molecule is CC1(C)c2ccccc2-c2ccc(N(c3cccc(-c4cccc5c4c4ccccc4n5-c4ccccc4)c3)c3cccc4c3-c3ccccc3C43c4ccccc4-c4ccccc43)cc21. The Labute approximate surface area is 385 Å². The molecule has 0 atom stereocenters. The van der Waals surface area contributed by atoms with Crippen molar-refractivity contribution in [2.24, 2.45) is 0 Å². The highest BCUT2D eigenvalue weighted by Crippen LogP contribution is 2.65. The van der Waals surface area contributed by atoms with E-state index in [0.29, 0.717) is 0 Å². The molecule has 0 radical (unpaired) electrons. The van der Waals surface area contributed by atoms with Gasteiger partial charge in [0.1, 0.15) is 0 Å². The minimum atomic E-state index is -0.452. The number of hydrogen-bond acceptors (Lipinski definition) is 1. The molecule has 2 nitrogen and oxygen atoms in total. The average molecular weight is 841 g/mol. The normalized spacial score (nSPS) is 14.2. The smallest absolute Gasteiger partial charge is 0.0726 e. The van der Waals surface area contributed by atoms with Gasteiger partial charge in [0.15, 0.2) is 0 Å². The van der Waals surface area contributed by atoms with Crippen LogP contribution >= 0.6 is 0 Å². The molecule has 0 saturated heterocycles. The number of benzene rings is 10. The number of anilines is 3. The number of fused-ring (bicyclic) bond motifs is 16. The van der Waals surface area contributed by atoms with Crippen LogP contribution in [0.4, 0.5) is 17.1 Å². The van der Waals surface area contributed by atoms with Crippen LogP contribution in [-0.4, -0.2) is 4.57 Å². The summed E-state index contributed by atoms with van der Waals surface area (Å²) in [5.74, 6) is 0. The maximum Gasteiger partial charge on any atom is 0.0726 e. The second-order valence-corrected chi connectivity index (χ2v) is 18.8. The van der Waals surface area contributed by atoms with Crippen molar-refractivity contribution in [3.05, 3.63) is 264 Å². The van der Waals surface area contributed by atoms with Crippen molar-refractivity contribution in [3.63, 3.8) is 0 Å². The second kappa shape index (κ2) is 13.7. The summed E-state index contributed by atoms with van der Waals surface area (Å²) in [7, 11) is 0. The first-order valence-corrected chi connectivity index (χ1v) is 23.2. The van der Waals surface area contributed by atoms with Crippen molar-refractivity contribution in [2.45, 2.75) is 24.7 Å². The minimum Gasteiger partial charge on any atom is -0.310 e. The lowest BCUT2D eigenvalue weighted by atomic mass is 9.70. The van der Waals surface area contributed by atoms with Crippen LogP contribution < -0.4 is 4.90 Å². The molecule has 2 heteroatoms. The van der Waals surface area contributed by atoms with E-state index < -0.39 is 5.41 Å². The van der Waals surface area contributed by atoms with Gasteiger partial charge in [-0.2, -0.15) is 0 Å². The van der Waals surface area contributed by atoms with Gasteiger partial charge in [-0.3, -0.25) is 0 Å². The number of aromatic nitrogens is 1. The van der Waals surface area contributed by atoms with Crippen molar-refractivity contribution >= 4 is 38.9 Å². The monoisotopic (exact) mass is 840 g/mol. The molecular formula is C64H44N2. The fourth-order valence-electron chi connectivity index (χ4n) is 12.5. The van der Waals surface area contributed by atoms with Crippen LogP contribution in [-0.2, 0) is 10.8 Å². The van der Waals surface area contributed by atoms with E-state index in [2.05, 4.69) is 254 Å². The molecule has 1 heterocycles. The molecule has 0 bridgehead atoms. The van der Waals surface area contributed by atoms with Crippen molar-refractivity contribution in [1.82, 2.24) is 4.57 Å². The van der Waals surface area contributed by atoms with E-state index in [9.17, 15) is 0 Å². The summed E-state index contributed by atoms with van der Waals surface area (Å²) in [4.78, 5) is 2.55. The minimum absolute atomic E-state index is 0.162. The fraction of sp³-hybridized carbons (Fsp3) is 0.0625. The molecule has 3 aliphatic carbocycles. The van der Waals surface area contributed by atoms with Crippen LogP contribution in [0.25, 0.3) is 72.0 Å². The first-order chi connectivity index (χ1) is 32.5. The molecule has 3 aliphatic rings. The third-order valence-electron chi connectivity index (χ3n) is 15.2. The summed E-state index contributed by atoms with van der Waals surface area (Å²) in [6.45, 7) is 4.77. The summed E-state index contributed by atoms with van der Waals surface area (Å²) in [5, 5.41) is 2.50. The van der Waals surface area contributed by atoms with Crippen LogP contribution in [0.15, 0.2) is 231 Å². The Morgan fingerprint density at radius 2 is 0.894 bits per heavy atom. The van der Waals surface area contributed by atoms with Crippen molar-refractivity contribution < 1.29 is 0 Å². The van der Waals surface area contributed by atoms with E-state index in [1.807, 2.05) is 0 Å². The van der Waals surface area contributed by atoms with Gasteiger partial charge >= 0.3 is 0 Å². The molecule has 0 aliphatic heterocycles. The van der Waals surface area contributed by atoms with Crippen LogP contribution in [0, 0.1) is 0 Å². The topological polar surface area (TPSA) is 8.17 Å². The molecule has 10 aromatic carbocycles. The Kier molecular flexibility index (Phi) is 7.70. The van der Waals surface area contributed by atoms with Gasteiger partial charge in [-0.25, -0.2) is 0 Å². The van der Waals surface area contributed by atoms with E-state index in [4.69, 9.17) is 0 Å². The lowest BCUT2D eigenvalue weighted by molar-refractivity contribution is 0.660. The molecule has 0 saturated carbocycles. The lowest BCUT2D eigenvalue weighted by Gasteiger charge is -2.32. The van der Waals surface area contributed by atoms with E-state index >= 15 is 0 Å². The maximum absolute atomic E-state index is 2.55. The standard InChI is InChI=1S/C64H44N2/c1-63(2)52-29-11-6-23-46(52)49-38-37-44(40-57(49)63)65(43-22-16-19-41(39-43)45-28-17-35-59-61(45)51-27-10-15-34-58(51)66(59)42-20-4-3-5-21-42)60-36-18-33-56-62(60)50-26-9-14-32-55(50)64(56)53-30-12-7-24-47(53)48-25-8-13-31-54(48)64/h3-40H,1-2H3. The molecule has 66 heavy (non-hydrogen) atoms. The van der Waals surface area contributed by atoms with Crippen molar-refractivity contribution in [3.8, 4) is 50.2 Å². The van der Waals surface area contributed by atoms with Crippen LogP contribution in [0.1, 0.15) is 47.2 Å². The molecule has 1 aromatic heterocycles. The number of para-hydroxylation sites is 2. The van der Waals surface area contributed by atoms with Crippen LogP contribution in [0.5, 0.6) is 0 Å². The molecule has 310 valence electrons. The molecule has 11 aromatic rings. The number of rotatable bonds is 5. The van der Waals surface area contributed by atoms with Crippen molar-refractivity contribution in [2.75, 3.05) is 4.90 Å². The summed E-state index contributed by atoms with van der Waals surface area (Å²) in [6.07, 6.45) is 0. The zero-order valence-electron chi connectivity index (χ0n) is 36.8. The highest BCUT2D eigenvalue weighted by Gasteiger charge is 2.52. The van der Waals surface area contributed by atoms with Gasteiger partial charge in [0, 0.05) is 38.8 Å². The van der Waals surface area contributed by atoms with E-state index in [-0.39, 0.29) is 5.41 Å². The Morgan fingerprint density at radius 1 is 0.364 bits per heavy atom. The van der Waals surface area contributed by atoms with Gasteiger partial charge in [-0.15, -0.1) is 0 Å². The van der Waals surface area contributed by atoms with Gasteiger partial charge in [0.2, 0.25) is 0 Å². The summed E-state index contributed by atoms with van der Waals surface area (Å²) >= 11 is 0. The van der Waals surface area contributed by atoms with Gasteiger partial charge < -0.3 is 9.47 Å². The predicted molar refractivity (Wildman–Crippen MR) is 275 cm³/mol. The largest absolute Gasteiger partial charge is 0.310 e. The fourth-order valence-corrected chi connectivity index (χ4v) is 12.5. The summed E-state index contributed by atoms with van der Waals surface area (Å²) < 4.78 is 2.41. The molecule has 1 spiro atoms. The summed E-state index contributed by atoms with van der Waals surface area (Å²) in [5.41, 5.74) is 24.7. The Hall–Kier alpha value is -8.20. The van der Waals surface area contributed by atoms with Gasteiger partial charge in [0.05, 0.1) is 22.1 Å². The third kappa shape index (κ3) is 4.85. The average Bonchev–Trinajstić information content (AvgIpc) is 4.05. The van der Waals surface area contributed by atoms with Gasteiger partial charge in [-0.1, -0.05) is 190 Å². The zero-order valence-corrected chi connectivity index (χ0v) is 36.8. The van der Waals surface area contributed by atoms with E-state index in [1.54, 1.807) is 0 Å². The number of hydrogen-bond donors (Lipinski definition) is 0. The highest BCUT2D eigenvalue weighted by molar-refractivity contribution is 6.16. The van der Waals surface area contributed by atoms with Gasteiger partial charge in [-0.05, 0) is 127 Å². The van der Waals surface area contributed by atoms with Gasteiger partial charge in [0.25, 0.3) is 0 Å².